The van der Waals surface area contributed by atoms with Gasteiger partial charge in [-0.15, -0.1) is 0 Å². The van der Waals surface area contributed by atoms with Crippen molar-refractivity contribution in [3.63, 3.8) is 0 Å². The van der Waals surface area contributed by atoms with Gasteiger partial charge in [0.2, 0.25) is 0 Å². The third-order valence-corrected chi connectivity index (χ3v) is 3.78. The van der Waals surface area contributed by atoms with Crippen LogP contribution >= 0.6 is 11.6 Å². The lowest BCUT2D eigenvalue weighted by Gasteiger charge is -2.29. The predicted molar refractivity (Wildman–Crippen MR) is 86.1 cm³/mol. The number of carboxylic acid groups (broad SMARTS) is 1. The molecule has 5 heteroatoms. The minimum absolute atomic E-state index is 0.0228. The number of nitrogens with two attached hydrogens (primary N) is 1. The first-order valence-electron chi connectivity index (χ1n) is 6.51. The number of aromatic carboxylic acids is 1. The summed E-state index contributed by atoms with van der Waals surface area (Å²) in [6.07, 6.45) is 0. The molecular weight excluding hydrogens is 288 g/mol. The number of hydrogen-bond acceptors (Lipinski definition) is 3. The highest BCUT2D eigenvalue weighted by molar-refractivity contribution is 6.30. The van der Waals surface area contributed by atoms with Gasteiger partial charge in [0.15, 0.2) is 0 Å². The van der Waals surface area contributed by atoms with Crippen LogP contribution in [0.25, 0.3) is 0 Å². The Balaban J connectivity index is 2.40. The van der Waals surface area contributed by atoms with Gasteiger partial charge in [0.25, 0.3) is 0 Å². The molecule has 0 aliphatic rings. The van der Waals surface area contributed by atoms with Crippen LogP contribution < -0.4 is 10.6 Å². The summed E-state index contributed by atoms with van der Waals surface area (Å²) in [5.74, 6) is -0.998. The zero-order chi connectivity index (χ0) is 15.6. The third kappa shape index (κ3) is 3.28. The summed E-state index contributed by atoms with van der Waals surface area (Å²) in [6.45, 7) is 1.99. The van der Waals surface area contributed by atoms with Crippen LogP contribution in [0.1, 0.15) is 28.9 Å². The molecule has 3 N–H and O–H groups in total. The molecule has 0 spiro atoms. The van der Waals surface area contributed by atoms with E-state index in [-0.39, 0.29) is 11.6 Å². The van der Waals surface area contributed by atoms with E-state index in [0.717, 1.165) is 5.56 Å². The van der Waals surface area contributed by atoms with Crippen LogP contribution in [0.15, 0.2) is 42.5 Å². The first kappa shape index (κ1) is 15.2. The molecule has 2 rings (SSSR count). The fourth-order valence-electron chi connectivity index (χ4n) is 2.23. The number of halogens is 1. The van der Waals surface area contributed by atoms with Crippen molar-refractivity contribution in [3.05, 3.63) is 58.6 Å². The summed E-state index contributed by atoms with van der Waals surface area (Å²) < 4.78 is 0. The van der Waals surface area contributed by atoms with Gasteiger partial charge in [-0.2, -0.15) is 0 Å². The van der Waals surface area contributed by atoms with Gasteiger partial charge in [-0.3, -0.25) is 0 Å². The van der Waals surface area contributed by atoms with Crippen molar-refractivity contribution in [3.8, 4) is 0 Å². The maximum atomic E-state index is 11.4. The SMILES string of the molecule is CC(c1cccc(Cl)c1)N(C)c1ccc(N)cc1C(=O)O. The van der Waals surface area contributed by atoms with E-state index in [4.69, 9.17) is 17.3 Å². The topological polar surface area (TPSA) is 66.6 Å². The van der Waals surface area contributed by atoms with Crippen LogP contribution in [0.3, 0.4) is 0 Å². The van der Waals surface area contributed by atoms with Crippen molar-refractivity contribution in [2.24, 2.45) is 0 Å². The Morgan fingerprint density at radius 1 is 1.29 bits per heavy atom. The molecule has 0 aliphatic carbocycles. The van der Waals surface area contributed by atoms with Crippen LogP contribution in [0.5, 0.6) is 0 Å². The van der Waals surface area contributed by atoms with Gasteiger partial charge in [0.1, 0.15) is 0 Å². The smallest absolute Gasteiger partial charge is 0.337 e. The molecule has 1 unspecified atom stereocenters. The van der Waals surface area contributed by atoms with Crippen molar-refractivity contribution in [2.45, 2.75) is 13.0 Å². The highest BCUT2D eigenvalue weighted by Crippen LogP contribution is 2.30. The number of nitrogens with zero attached hydrogens (tertiary/aromatic N) is 1. The fraction of sp³-hybridized carbons (Fsp3) is 0.188. The van der Waals surface area contributed by atoms with Crippen molar-refractivity contribution >= 4 is 28.9 Å². The van der Waals surface area contributed by atoms with Gasteiger partial charge in [-0.05, 0) is 42.8 Å². The van der Waals surface area contributed by atoms with Crippen LogP contribution in [-0.2, 0) is 0 Å². The Morgan fingerprint density at radius 3 is 2.62 bits per heavy atom. The van der Waals surface area contributed by atoms with Gasteiger partial charge in [0.05, 0.1) is 17.3 Å². The Morgan fingerprint density at radius 2 is 2.00 bits per heavy atom. The Kier molecular flexibility index (Phi) is 4.38. The molecule has 0 aliphatic heterocycles. The van der Waals surface area contributed by atoms with E-state index in [1.807, 2.05) is 43.1 Å². The summed E-state index contributed by atoms with van der Waals surface area (Å²) in [7, 11) is 1.85. The van der Waals surface area contributed by atoms with Gasteiger partial charge in [-0.25, -0.2) is 4.79 Å². The number of rotatable bonds is 4. The van der Waals surface area contributed by atoms with E-state index in [0.29, 0.717) is 16.4 Å². The lowest BCUT2D eigenvalue weighted by atomic mass is 10.0. The zero-order valence-corrected chi connectivity index (χ0v) is 12.6. The summed E-state index contributed by atoms with van der Waals surface area (Å²) in [5, 5.41) is 9.99. The average molecular weight is 305 g/mol. The van der Waals surface area contributed by atoms with E-state index in [1.54, 1.807) is 12.1 Å². The van der Waals surface area contributed by atoms with Crippen molar-refractivity contribution in [2.75, 3.05) is 17.7 Å². The second kappa shape index (κ2) is 6.06. The van der Waals surface area contributed by atoms with Gasteiger partial charge < -0.3 is 15.7 Å². The summed E-state index contributed by atoms with van der Waals surface area (Å²) in [4.78, 5) is 13.3. The lowest BCUT2D eigenvalue weighted by Crippen LogP contribution is -2.23. The molecule has 2 aromatic rings. The summed E-state index contributed by atoms with van der Waals surface area (Å²) in [5.41, 5.74) is 7.92. The standard InChI is InChI=1S/C16H17ClN2O2/c1-10(11-4-3-5-12(17)8-11)19(2)15-7-6-13(18)9-14(15)16(20)21/h3-10H,18H2,1-2H3,(H,20,21). The second-order valence-corrected chi connectivity index (χ2v) is 5.36. The molecule has 21 heavy (non-hydrogen) atoms. The Labute approximate surface area is 128 Å². The van der Waals surface area contributed by atoms with Gasteiger partial charge in [-0.1, -0.05) is 23.7 Å². The first-order valence-corrected chi connectivity index (χ1v) is 6.89. The molecule has 0 radical (unpaired) electrons. The second-order valence-electron chi connectivity index (χ2n) is 4.92. The van der Waals surface area contributed by atoms with Crippen LogP contribution in [0, 0.1) is 0 Å². The number of nitrogen functional groups attached to an aromatic ring is 1. The van der Waals surface area contributed by atoms with Crippen LogP contribution in [0.4, 0.5) is 11.4 Å². The van der Waals surface area contributed by atoms with Crippen molar-refractivity contribution < 1.29 is 9.90 Å². The highest BCUT2D eigenvalue weighted by atomic mass is 35.5. The number of benzene rings is 2. The number of anilines is 2. The number of hydrogen-bond donors (Lipinski definition) is 2. The van der Waals surface area contributed by atoms with E-state index < -0.39 is 5.97 Å². The summed E-state index contributed by atoms with van der Waals surface area (Å²) in [6, 6.07) is 12.4. The quantitative estimate of drug-likeness (QED) is 0.843. The largest absolute Gasteiger partial charge is 0.478 e. The van der Waals surface area contributed by atoms with E-state index in [9.17, 15) is 9.90 Å². The zero-order valence-electron chi connectivity index (χ0n) is 11.9. The molecule has 1 atom stereocenters. The van der Waals surface area contributed by atoms with Crippen LogP contribution in [0.2, 0.25) is 5.02 Å². The molecule has 0 heterocycles. The number of carbonyl (C=O) groups is 1. The number of carboxylic acids is 1. The van der Waals surface area contributed by atoms with Gasteiger partial charge in [0, 0.05) is 17.8 Å². The first-order chi connectivity index (χ1) is 9.90. The molecule has 110 valence electrons. The monoisotopic (exact) mass is 304 g/mol. The van der Waals surface area contributed by atoms with Crippen molar-refractivity contribution in [1.29, 1.82) is 0 Å². The average Bonchev–Trinajstić information content (AvgIpc) is 2.45. The van der Waals surface area contributed by atoms with Crippen molar-refractivity contribution in [1.82, 2.24) is 0 Å². The fourth-order valence-corrected chi connectivity index (χ4v) is 2.43. The molecule has 4 nitrogen and oxygen atoms in total. The maximum Gasteiger partial charge on any atom is 0.337 e. The molecule has 0 amide bonds. The minimum atomic E-state index is -0.998. The molecular formula is C16H17ClN2O2. The van der Waals surface area contributed by atoms with Crippen LogP contribution in [-0.4, -0.2) is 18.1 Å². The Hall–Kier alpha value is -2.20. The highest BCUT2D eigenvalue weighted by Gasteiger charge is 2.19. The third-order valence-electron chi connectivity index (χ3n) is 3.54. The molecule has 0 bridgehead atoms. The predicted octanol–water partition coefficient (Wildman–Crippen LogP) is 3.82. The Bertz CT molecular complexity index is 673. The maximum absolute atomic E-state index is 11.4. The minimum Gasteiger partial charge on any atom is -0.478 e. The normalized spacial score (nSPS) is 12.0. The van der Waals surface area contributed by atoms with Gasteiger partial charge >= 0.3 is 5.97 Å². The summed E-state index contributed by atoms with van der Waals surface area (Å²) >= 11 is 6.01. The molecule has 0 aromatic heterocycles. The van der Waals surface area contributed by atoms with E-state index in [2.05, 4.69) is 0 Å². The molecule has 2 aromatic carbocycles. The molecule has 0 fully saturated rings. The molecule has 0 saturated carbocycles. The lowest BCUT2D eigenvalue weighted by molar-refractivity contribution is 0.0697. The van der Waals surface area contributed by atoms with E-state index in [1.165, 1.54) is 6.07 Å². The molecule has 0 saturated heterocycles. The van der Waals surface area contributed by atoms with E-state index >= 15 is 0 Å².